The van der Waals surface area contributed by atoms with Crippen molar-refractivity contribution in [3.63, 3.8) is 0 Å². The standard InChI is InChI=1S/Bi.Cl2O.La/c;1-3-2;. The second kappa shape index (κ2) is 16.0. The van der Waals surface area contributed by atoms with Crippen LogP contribution in [0.1, 0.15) is 0 Å². The van der Waals surface area contributed by atoms with Crippen LogP contribution in [0.25, 0.3) is 0 Å². The van der Waals surface area contributed by atoms with Gasteiger partial charge in [-0.25, -0.2) is 0 Å². The summed E-state index contributed by atoms with van der Waals surface area (Å²) in [6.45, 7) is 0. The van der Waals surface area contributed by atoms with E-state index in [1.165, 1.54) is 0 Å². The molecule has 0 aliphatic rings. The predicted molar refractivity (Wildman–Crippen MR) is 18.5 cm³/mol. The molecule has 0 saturated carbocycles. The van der Waals surface area contributed by atoms with E-state index in [0.29, 0.717) is 0 Å². The van der Waals surface area contributed by atoms with Crippen LogP contribution in [-0.4, -0.2) is 26.2 Å². The molecule has 0 fully saturated rings. The first kappa shape index (κ1) is 15.6. The van der Waals surface area contributed by atoms with Gasteiger partial charge in [0.2, 0.25) is 0 Å². The molecule has 0 N–H and O–H groups in total. The molecule has 0 heterocycles. The Kier molecular flexibility index (Phi) is 49.9. The topological polar surface area (TPSA) is 9.23 Å². The van der Waals surface area contributed by atoms with Crippen molar-refractivity contribution >= 4 is 49.9 Å². The summed E-state index contributed by atoms with van der Waals surface area (Å²) in [6.07, 6.45) is 0. The Morgan fingerprint density at radius 1 is 1.20 bits per heavy atom. The molecule has 0 bridgehead atoms. The molecule has 0 atom stereocenters. The van der Waals surface area contributed by atoms with Crippen LogP contribution >= 0.6 is 23.7 Å². The van der Waals surface area contributed by atoms with E-state index in [4.69, 9.17) is 0 Å². The molecule has 0 spiro atoms. The largest absolute Gasteiger partial charge is 0.166 e. The first-order valence-electron chi connectivity index (χ1n) is 0.309. The van der Waals surface area contributed by atoms with Crippen LogP contribution in [0, 0.1) is 35.6 Å². The first-order chi connectivity index (χ1) is 1.41. The summed E-state index contributed by atoms with van der Waals surface area (Å²) in [6, 6.07) is 0. The van der Waals surface area contributed by atoms with E-state index >= 15 is 0 Å². The second-order valence-electron chi connectivity index (χ2n) is 0.0583. The Morgan fingerprint density at radius 3 is 1.20 bits per heavy atom. The zero-order valence-electron chi connectivity index (χ0n) is 2.19. The molecular weight excluding hydrogens is 435 g/mol. The predicted octanol–water partition coefficient (Wildman–Crippen LogP) is 0.930. The summed E-state index contributed by atoms with van der Waals surface area (Å²) in [5.74, 6) is 0. The minimum atomic E-state index is 0. The van der Waals surface area contributed by atoms with Crippen LogP contribution in [0.3, 0.4) is 0 Å². The van der Waals surface area contributed by atoms with Gasteiger partial charge in [0.1, 0.15) is 0 Å². The van der Waals surface area contributed by atoms with Gasteiger partial charge in [-0.2, -0.15) is 3.84 Å². The normalized spacial score (nSPS) is 3.60. The molecule has 0 aromatic carbocycles. The molecule has 1 nitrogen and oxygen atoms in total. The number of hydrogen-bond donors (Lipinski definition) is 0. The van der Waals surface area contributed by atoms with Crippen molar-refractivity contribution in [2.75, 3.05) is 0 Å². The molecule has 0 aromatic rings. The van der Waals surface area contributed by atoms with Gasteiger partial charge in [-0.05, 0) is 0 Å². The molecule has 0 aromatic heterocycles. The Morgan fingerprint density at radius 2 is 1.20 bits per heavy atom. The smallest absolute Gasteiger partial charge is 0.0832 e. The van der Waals surface area contributed by atoms with Gasteiger partial charge in [-0.3, -0.25) is 0 Å². The fourth-order valence-electron chi connectivity index (χ4n) is 0. The fourth-order valence-corrected chi connectivity index (χ4v) is 0. The third-order valence-corrected chi connectivity index (χ3v) is 0. The molecule has 0 aliphatic carbocycles. The summed E-state index contributed by atoms with van der Waals surface area (Å²) in [4.78, 5) is 0. The molecule has 28 valence electrons. The van der Waals surface area contributed by atoms with Gasteiger partial charge in [-0.15, -0.1) is 0 Å². The molecule has 0 rings (SSSR count). The fraction of sp³-hybridized carbons (Fsp3) is 0. The van der Waals surface area contributed by atoms with E-state index in [-0.39, 0.29) is 61.8 Å². The average molecular weight is 435 g/mol. The monoisotopic (exact) mass is 434 g/mol. The van der Waals surface area contributed by atoms with Gasteiger partial charge in [0.05, 0.1) is 23.7 Å². The maximum atomic E-state index is 4.26. The molecule has 4 radical (unpaired) electrons. The summed E-state index contributed by atoms with van der Waals surface area (Å²) in [7, 11) is 0. The molecule has 0 unspecified atom stereocenters. The second-order valence-corrected chi connectivity index (χ2v) is 0.525. The van der Waals surface area contributed by atoms with E-state index in [1.807, 2.05) is 0 Å². The van der Waals surface area contributed by atoms with Crippen molar-refractivity contribution < 1.29 is 39.4 Å². The number of hydrogen-bond acceptors (Lipinski definition) is 1. The minimum Gasteiger partial charge on any atom is -0.166 e. The Bertz CT molecular complexity index is 9.61. The van der Waals surface area contributed by atoms with Gasteiger partial charge in [0, 0.05) is 61.8 Å². The van der Waals surface area contributed by atoms with Crippen LogP contribution in [0.15, 0.2) is 0 Å². The third-order valence-electron chi connectivity index (χ3n) is 0. The third kappa shape index (κ3) is 20.6. The van der Waals surface area contributed by atoms with Crippen molar-refractivity contribution in [2.24, 2.45) is 0 Å². The summed E-state index contributed by atoms with van der Waals surface area (Å²) in [5.41, 5.74) is 0. The van der Waals surface area contributed by atoms with Gasteiger partial charge < -0.3 is 0 Å². The Hall–Kier alpha value is 2.62. The molecule has 0 amide bonds. The maximum Gasteiger partial charge on any atom is 0.0832 e. The SMILES string of the molecule is ClOCl.[Bi].[La]. The van der Waals surface area contributed by atoms with Gasteiger partial charge in [-0.1, -0.05) is 0 Å². The van der Waals surface area contributed by atoms with Crippen LogP contribution in [0.2, 0.25) is 0 Å². The summed E-state index contributed by atoms with van der Waals surface area (Å²) < 4.78 is 3.19. The van der Waals surface area contributed by atoms with E-state index in [0.717, 1.165) is 0 Å². The van der Waals surface area contributed by atoms with Crippen molar-refractivity contribution in [3.05, 3.63) is 0 Å². The molecular formula is BiCl2LaO. The van der Waals surface area contributed by atoms with Crippen molar-refractivity contribution in [3.8, 4) is 0 Å². The van der Waals surface area contributed by atoms with Gasteiger partial charge in [0.25, 0.3) is 0 Å². The van der Waals surface area contributed by atoms with Crippen LogP contribution in [0.5, 0.6) is 0 Å². The first-order valence-corrected chi connectivity index (χ1v) is 0.926. The molecule has 0 aliphatic heterocycles. The Labute approximate surface area is 87.8 Å². The van der Waals surface area contributed by atoms with Gasteiger partial charge >= 0.3 is 0 Å². The van der Waals surface area contributed by atoms with Crippen molar-refractivity contribution in [2.45, 2.75) is 0 Å². The number of halogens is 2. The Balaban J connectivity index is -0.0000000200. The zero-order chi connectivity index (χ0) is 2.71. The minimum absolute atomic E-state index is 0. The maximum absolute atomic E-state index is 4.26. The van der Waals surface area contributed by atoms with E-state index in [1.54, 1.807) is 0 Å². The average Bonchev–Trinajstić information content (AvgIpc) is 0.918. The number of rotatable bonds is 0. The van der Waals surface area contributed by atoms with Crippen LogP contribution in [0.4, 0.5) is 0 Å². The zero-order valence-corrected chi connectivity index (χ0v) is 10.8. The summed E-state index contributed by atoms with van der Waals surface area (Å²) >= 11 is 8.53. The van der Waals surface area contributed by atoms with Crippen molar-refractivity contribution in [1.82, 2.24) is 0 Å². The summed E-state index contributed by atoms with van der Waals surface area (Å²) in [5, 5.41) is 0. The van der Waals surface area contributed by atoms with Crippen LogP contribution in [-0.2, 0) is 3.84 Å². The van der Waals surface area contributed by atoms with Crippen LogP contribution < -0.4 is 0 Å². The van der Waals surface area contributed by atoms with Gasteiger partial charge in [0.15, 0.2) is 0 Å². The van der Waals surface area contributed by atoms with Crippen molar-refractivity contribution in [1.29, 1.82) is 0 Å². The van der Waals surface area contributed by atoms with E-state index in [9.17, 15) is 0 Å². The molecule has 5 heavy (non-hydrogen) atoms. The quantitative estimate of drug-likeness (QED) is 0.516. The van der Waals surface area contributed by atoms with E-state index in [2.05, 4.69) is 27.6 Å². The molecule has 0 saturated heterocycles. The molecule has 5 heteroatoms. The van der Waals surface area contributed by atoms with E-state index < -0.39 is 0 Å².